The summed E-state index contributed by atoms with van der Waals surface area (Å²) in [6, 6.07) is 17.2. The first-order valence-electron chi connectivity index (χ1n) is 11.5. The first-order valence-corrected chi connectivity index (χ1v) is 11.5. The summed E-state index contributed by atoms with van der Waals surface area (Å²) in [6.45, 7) is 8.65. The minimum absolute atomic E-state index is 0. The third-order valence-electron chi connectivity index (χ3n) is 5.00. The quantitative estimate of drug-likeness (QED) is 0.342. The summed E-state index contributed by atoms with van der Waals surface area (Å²) in [6.07, 6.45) is 1.15. The van der Waals surface area contributed by atoms with Gasteiger partial charge in [-0.15, -0.1) is 12.4 Å². The Kier molecular flexibility index (Phi) is 12.7. The molecule has 6 nitrogen and oxygen atoms in total. The van der Waals surface area contributed by atoms with Gasteiger partial charge in [0.15, 0.2) is 5.78 Å². The SMILES string of the molecule is CCCN(CC(COc1ccccc1C(=O)CCc1ccccc1)OC)C(=O)OC(C)(C)C.Cl. The standard InChI is InChI=1S/C27H37NO5.ClH/c1-6-18-28(26(30)33-27(2,3)4)19-22(31-5)20-32-25-15-11-10-14-23(25)24(29)17-16-21-12-8-7-9-13-21;/h7-15,22H,6,16-20H2,1-5H3;1H. The van der Waals surface area contributed by atoms with Gasteiger partial charge < -0.3 is 19.1 Å². The van der Waals surface area contributed by atoms with E-state index in [1.54, 1.807) is 24.1 Å². The van der Waals surface area contributed by atoms with Crippen molar-refractivity contribution in [3.8, 4) is 5.75 Å². The molecule has 2 aromatic carbocycles. The molecule has 2 rings (SSSR count). The Morgan fingerprint density at radius 3 is 2.26 bits per heavy atom. The smallest absolute Gasteiger partial charge is 0.410 e. The van der Waals surface area contributed by atoms with Crippen LogP contribution in [0, 0.1) is 0 Å². The van der Waals surface area contributed by atoms with Crippen LogP contribution < -0.4 is 4.74 Å². The van der Waals surface area contributed by atoms with Crippen LogP contribution in [0.5, 0.6) is 5.75 Å². The maximum atomic E-state index is 12.9. The number of hydrogen-bond acceptors (Lipinski definition) is 5. The summed E-state index contributed by atoms with van der Waals surface area (Å²) in [5, 5.41) is 0. The first-order chi connectivity index (χ1) is 15.7. The van der Waals surface area contributed by atoms with E-state index in [1.165, 1.54) is 0 Å². The van der Waals surface area contributed by atoms with Crippen LogP contribution in [0.3, 0.4) is 0 Å². The molecule has 0 fully saturated rings. The third-order valence-corrected chi connectivity index (χ3v) is 5.00. The van der Waals surface area contributed by atoms with Crippen molar-refractivity contribution in [1.29, 1.82) is 0 Å². The van der Waals surface area contributed by atoms with Gasteiger partial charge >= 0.3 is 6.09 Å². The number of para-hydroxylation sites is 1. The van der Waals surface area contributed by atoms with E-state index in [0.29, 0.717) is 37.2 Å². The van der Waals surface area contributed by atoms with Gasteiger partial charge in [0.1, 0.15) is 24.1 Å². The van der Waals surface area contributed by atoms with Crippen LogP contribution in [0.15, 0.2) is 54.6 Å². The third kappa shape index (κ3) is 10.1. The summed E-state index contributed by atoms with van der Waals surface area (Å²) in [7, 11) is 1.59. The zero-order valence-corrected chi connectivity index (χ0v) is 21.7. The molecule has 0 heterocycles. The largest absolute Gasteiger partial charge is 0.490 e. The number of ether oxygens (including phenoxy) is 3. The van der Waals surface area contributed by atoms with Gasteiger partial charge in [0.05, 0.1) is 12.1 Å². The van der Waals surface area contributed by atoms with E-state index in [0.717, 1.165) is 12.0 Å². The van der Waals surface area contributed by atoms with Gasteiger partial charge in [0, 0.05) is 20.1 Å². The van der Waals surface area contributed by atoms with Crippen molar-refractivity contribution in [2.45, 2.75) is 58.7 Å². The Bertz CT molecular complexity index is 882. The molecule has 1 unspecified atom stereocenters. The topological polar surface area (TPSA) is 65.1 Å². The Morgan fingerprint density at radius 1 is 1.00 bits per heavy atom. The molecule has 0 aliphatic rings. The fourth-order valence-electron chi connectivity index (χ4n) is 3.34. The van der Waals surface area contributed by atoms with E-state index in [-0.39, 0.29) is 37.0 Å². The highest BCUT2D eigenvalue weighted by molar-refractivity contribution is 5.98. The fourth-order valence-corrected chi connectivity index (χ4v) is 3.34. The van der Waals surface area contributed by atoms with Crippen molar-refractivity contribution < 1.29 is 23.8 Å². The molecule has 7 heteroatoms. The van der Waals surface area contributed by atoms with E-state index in [9.17, 15) is 9.59 Å². The van der Waals surface area contributed by atoms with E-state index in [4.69, 9.17) is 14.2 Å². The molecular formula is C27H38ClNO5. The van der Waals surface area contributed by atoms with E-state index in [2.05, 4.69) is 0 Å². The minimum atomic E-state index is -0.568. The molecule has 1 amide bonds. The number of hydrogen-bond donors (Lipinski definition) is 0. The number of benzene rings is 2. The maximum Gasteiger partial charge on any atom is 0.410 e. The predicted octanol–water partition coefficient (Wildman–Crippen LogP) is 5.96. The van der Waals surface area contributed by atoms with Crippen LogP contribution in [-0.2, 0) is 15.9 Å². The van der Waals surface area contributed by atoms with Gasteiger partial charge in [0.25, 0.3) is 0 Å². The molecule has 0 saturated heterocycles. The van der Waals surface area contributed by atoms with Gasteiger partial charge in [0.2, 0.25) is 0 Å². The molecule has 0 aromatic heterocycles. The second kappa shape index (κ2) is 14.6. The van der Waals surface area contributed by atoms with Crippen molar-refractivity contribution >= 4 is 24.3 Å². The van der Waals surface area contributed by atoms with Crippen LogP contribution in [0.25, 0.3) is 0 Å². The molecule has 0 spiro atoms. The molecule has 0 aliphatic carbocycles. The van der Waals surface area contributed by atoms with Crippen molar-refractivity contribution in [2.75, 3.05) is 26.8 Å². The van der Waals surface area contributed by atoms with Gasteiger partial charge in [-0.2, -0.15) is 0 Å². The Labute approximate surface area is 210 Å². The number of carbonyl (C=O) groups is 2. The molecule has 1 atom stereocenters. The predicted molar refractivity (Wildman–Crippen MR) is 137 cm³/mol. The zero-order chi connectivity index (χ0) is 24.3. The number of aryl methyl sites for hydroxylation is 1. The Hall–Kier alpha value is -2.57. The maximum absolute atomic E-state index is 12.9. The van der Waals surface area contributed by atoms with Crippen molar-refractivity contribution in [3.63, 3.8) is 0 Å². The van der Waals surface area contributed by atoms with Crippen LogP contribution in [-0.4, -0.2) is 55.3 Å². The normalized spacial score (nSPS) is 11.8. The highest BCUT2D eigenvalue weighted by atomic mass is 35.5. The summed E-state index contributed by atoms with van der Waals surface area (Å²) in [4.78, 5) is 27.1. The lowest BCUT2D eigenvalue weighted by atomic mass is 10.0. The molecule has 0 aliphatic heterocycles. The lowest BCUT2D eigenvalue weighted by Gasteiger charge is -2.29. The number of ketones is 1. The van der Waals surface area contributed by atoms with Crippen LogP contribution in [0.2, 0.25) is 0 Å². The van der Waals surface area contributed by atoms with Crippen molar-refractivity contribution in [1.82, 2.24) is 4.90 Å². The van der Waals surface area contributed by atoms with Gasteiger partial charge in [-0.25, -0.2) is 4.79 Å². The van der Waals surface area contributed by atoms with Crippen molar-refractivity contribution in [2.24, 2.45) is 0 Å². The van der Waals surface area contributed by atoms with Gasteiger partial charge in [-0.3, -0.25) is 4.79 Å². The minimum Gasteiger partial charge on any atom is -0.490 e. The molecule has 0 N–H and O–H groups in total. The highest BCUT2D eigenvalue weighted by Crippen LogP contribution is 2.21. The highest BCUT2D eigenvalue weighted by Gasteiger charge is 2.25. The average molecular weight is 492 g/mol. The first kappa shape index (κ1) is 29.5. The van der Waals surface area contributed by atoms with E-state index < -0.39 is 5.60 Å². The van der Waals surface area contributed by atoms with E-state index >= 15 is 0 Å². The monoisotopic (exact) mass is 491 g/mol. The molecular weight excluding hydrogens is 454 g/mol. The van der Waals surface area contributed by atoms with Gasteiger partial charge in [-0.1, -0.05) is 49.4 Å². The number of amides is 1. The number of Topliss-reactive ketones (excluding diaryl/α,β-unsaturated/α-hetero) is 1. The lowest BCUT2D eigenvalue weighted by molar-refractivity contribution is -0.00133. The number of halogens is 1. The number of rotatable bonds is 12. The number of nitrogens with zero attached hydrogens (tertiary/aromatic N) is 1. The Balaban J connectivity index is 0.00000578. The Morgan fingerprint density at radius 2 is 1.65 bits per heavy atom. The summed E-state index contributed by atoms with van der Waals surface area (Å²) in [5.74, 6) is 0.557. The summed E-state index contributed by atoms with van der Waals surface area (Å²) in [5.41, 5.74) is 1.11. The van der Waals surface area contributed by atoms with Crippen LogP contribution in [0.4, 0.5) is 4.79 Å². The second-order valence-corrected chi connectivity index (χ2v) is 9.00. The molecule has 2 aromatic rings. The van der Waals surface area contributed by atoms with Crippen LogP contribution in [0.1, 0.15) is 56.5 Å². The molecule has 188 valence electrons. The zero-order valence-electron chi connectivity index (χ0n) is 20.9. The fraction of sp³-hybridized carbons (Fsp3) is 0.481. The van der Waals surface area contributed by atoms with Crippen molar-refractivity contribution in [3.05, 3.63) is 65.7 Å². The lowest BCUT2D eigenvalue weighted by Crippen LogP contribution is -2.43. The van der Waals surface area contributed by atoms with Crippen LogP contribution >= 0.6 is 12.4 Å². The summed E-state index contributed by atoms with van der Waals surface area (Å²) < 4.78 is 17.1. The second-order valence-electron chi connectivity index (χ2n) is 9.00. The molecule has 34 heavy (non-hydrogen) atoms. The average Bonchev–Trinajstić information content (AvgIpc) is 2.79. The number of methoxy groups -OCH3 is 1. The number of carbonyl (C=O) groups excluding carboxylic acids is 2. The molecule has 0 bridgehead atoms. The molecule has 0 radical (unpaired) electrons. The van der Waals surface area contributed by atoms with Gasteiger partial charge in [-0.05, 0) is 51.3 Å². The molecule has 0 saturated carbocycles. The summed E-state index contributed by atoms with van der Waals surface area (Å²) >= 11 is 0. The van der Waals surface area contributed by atoms with E-state index in [1.807, 2.05) is 70.2 Å².